The smallest absolute Gasteiger partial charge is 0.139 e. The molecule has 1 heterocycles. The van der Waals surface area contributed by atoms with Crippen molar-refractivity contribution in [3.05, 3.63) is 0 Å². The third kappa shape index (κ3) is 3.50. The van der Waals surface area contributed by atoms with Crippen molar-refractivity contribution in [2.45, 2.75) is 24.6 Å². The van der Waals surface area contributed by atoms with Crippen LogP contribution in [-0.2, 0) is 4.79 Å². The molecule has 5 heteroatoms. The summed E-state index contributed by atoms with van der Waals surface area (Å²) < 4.78 is 0. The standard InChI is InChI=1S/C8H16N2OS2/c1-7-2-3-9-10(6-13-7)8(4-11)5-12/h4,7-9,12H,2-3,5-6H2,1H3/t7?,8-/m1/s1. The van der Waals surface area contributed by atoms with E-state index in [0.29, 0.717) is 11.0 Å². The number of thioether (sulfide) groups is 1. The minimum atomic E-state index is -0.0962. The van der Waals surface area contributed by atoms with Crippen LogP contribution < -0.4 is 5.43 Å². The summed E-state index contributed by atoms with van der Waals surface area (Å²) in [5.41, 5.74) is 3.25. The first kappa shape index (κ1) is 11.4. The zero-order valence-corrected chi connectivity index (χ0v) is 9.48. The highest BCUT2D eigenvalue weighted by Crippen LogP contribution is 2.18. The zero-order valence-electron chi connectivity index (χ0n) is 7.77. The molecule has 0 radical (unpaired) electrons. The molecule has 1 aliphatic rings. The number of aldehydes is 1. The minimum absolute atomic E-state index is 0.0962. The molecule has 1 N–H and O–H groups in total. The van der Waals surface area contributed by atoms with Gasteiger partial charge in [0.15, 0.2) is 0 Å². The van der Waals surface area contributed by atoms with Gasteiger partial charge in [0, 0.05) is 17.5 Å². The van der Waals surface area contributed by atoms with Crippen LogP contribution in [0.3, 0.4) is 0 Å². The van der Waals surface area contributed by atoms with E-state index >= 15 is 0 Å². The summed E-state index contributed by atoms with van der Waals surface area (Å²) in [6.07, 6.45) is 2.11. The number of carbonyl (C=O) groups excluding carboxylic acids is 1. The Balaban J connectivity index is 2.44. The summed E-state index contributed by atoms with van der Waals surface area (Å²) in [7, 11) is 0. The lowest BCUT2D eigenvalue weighted by atomic mass is 10.3. The van der Waals surface area contributed by atoms with Crippen LogP contribution in [0.25, 0.3) is 0 Å². The van der Waals surface area contributed by atoms with E-state index in [4.69, 9.17) is 0 Å². The molecule has 13 heavy (non-hydrogen) atoms. The van der Waals surface area contributed by atoms with Gasteiger partial charge in [0.05, 0.1) is 11.9 Å². The third-order valence-corrected chi connectivity index (χ3v) is 3.71. The Labute approximate surface area is 89.0 Å². The van der Waals surface area contributed by atoms with Gasteiger partial charge in [-0.2, -0.15) is 12.6 Å². The molecular formula is C8H16N2OS2. The third-order valence-electron chi connectivity index (χ3n) is 2.11. The van der Waals surface area contributed by atoms with Gasteiger partial charge in [0.25, 0.3) is 0 Å². The van der Waals surface area contributed by atoms with Gasteiger partial charge in [-0.3, -0.25) is 5.43 Å². The summed E-state index contributed by atoms with van der Waals surface area (Å²) in [4.78, 5) is 10.7. The Bertz CT molecular complexity index is 168. The summed E-state index contributed by atoms with van der Waals surface area (Å²) >= 11 is 6.02. The molecular weight excluding hydrogens is 204 g/mol. The second-order valence-corrected chi connectivity index (χ2v) is 4.92. The molecule has 0 aromatic carbocycles. The predicted molar refractivity (Wildman–Crippen MR) is 60.1 cm³/mol. The van der Waals surface area contributed by atoms with Gasteiger partial charge in [-0.15, -0.1) is 11.8 Å². The van der Waals surface area contributed by atoms with Crippen molar-refractivity contribution in [2.24, 2.45) is 0 Å². The lowest BCUT2D eigenvalue weighted by Crippen LogP contribution is -2.46. The van der Waals surface area contributed by atoms with Crippen molar-refractivity contribution >= 4 is 30.7 Å². The van der Waals surface area contributed by atoms with Crippen molar-refractivity contribution in [1.29, 1.82) is 0 Å². The first-order chi connectivity index (χ1) is 6.27. The van der Waals surface area contributed by atoms with Crippen molar-refractivity contribution in [2.75, 3.05) is 18.2 Å². The van der Waals surface area contributed by atoms with E-state index in [-0.39, 0.29) is 6.04 Å². The van der Waals surface area contributed by atoms with E-state index in [2.05, 4.69) is 25.0 Å². The molecule has 0 aromatic rings. The molecule has 1 rings (SSSR count). The van der Waals surface area contributed by atoms with Gasteiger partial charge in [0.2, 0.25) is 0 Å². The SMILES string of the molecule is CC1CCNN([C@H](C=O)CS)CS1. The Hall–Kier alpha value is 0.290. The topological polar surface area (TPSA) is 32.3 Å². The Morgan fingerprint density at radius 2 is 2.62 bits per heavy atom. The summed E-state index contributed by atoms with van der Waals surface area (Å²) in [5, 5.41) is 2.65. The van der Waals surface area contributed by atoms with E-state index < -0.39 is 0 Å². The fourth-order valence-electron chi connectivity index (χ4n) is 1.18. The summed E-state index contributed by atoms with van der Waals surface area (Å²) in [5.74, 6) is 1.44. The second-order valence-electron chi connectivity index (χ2n) is 3.16. The predicted octanol–water partition coefficient (Wildman–Crippen LogP) is 0.773. The van der Waals surface area contributed by atoms with E-state index in [1.165, 1.54) is 0 Å². The number of hydrogen-bond donors (Lipinski definition) is 2. The minimum Gasteiger partial charge on any atom is -0.302 e. The molecule has 0 amide bonds. The number of thiol groups is 1. The average Bonchev–Trinajstić information content (AvgIpc) is 2.34. The number of nitrogens with zero attached hydrogens (tertiary/aromatic N) is 1. The molecule has 1 saturated heterocycles. The largest absolute Gasteiger partial charge is 0.302 e. The Kier molecular flexibility index (Phi) is 5.16. The monoisotopic (exact) mass is 220 g/mol. The van der Waals surface area contributed by atoms with E-state index in [1.54, 1.807) is 0 Å². The molecule has 3 nitrogen and oxygen atoms in total. The maximum absolute atomic E-state index is 10.7. The lowest BCUT2D eigenvalue weighted by Gasteiger charge is -2.24. The summed E-state index contributed by atoms with van der Waals surface area (Å²) in [6.45, 7) is 3.17. The molecule has 0 aromatic heterocycles. The molecule has 1 fully saturated rings. The molecule has 1 aliphatic heterocycles. The van der Waals surface area contributed by atoms with Crippen LogP contribution in [0, 0.1) is 0 Å². The fraction of sp³-hybridized carbons (Fsp3) is 0.875. The number of nitrogens with one attached hydrogen (secondary N) is 1. The van der Waals surface area contributed by atoms with Crippen molar-refractivity contribution in [1.82, 2.24) is 10.4 Å². The van der Waals surface area contributed by atoms with Crippen LogP contribution in [0.1, 0.15) is 13.3 Å². The first-order valence-corrected chi connectivity index (χ1v) is 6.14. The Morgan fingerprint density at radius 1 is 1.85 bits per heavy atom. The van der Waals surface area contributed by atoms with E-state index in [1.807, 2.05) is 16.8 Å². The Morgan fingerprint density at radius 3 is 3.23 bits per heavy atom. The lowest BCUT2D eigenvalue weighted by molar-refractivity contribution is -0.112. The quantitative estimate of drug-likeness (QED) is 0.544. The van der Waals surface area contributed by atoms with Crippen molar-refractivity contribution in [3.8, 4) is 0 Å². The van der Waals surface area contributed by atoms with Crippen LogP contribution in [0.2, 0.25) is 0 Å². The van der Waals surface area contributed by atoms with Crippen LogP contribution >= 0.6 is 24.4 Å². The highest BCUT2D eigenvalue weighted by atomic mass is 32.2. The van der Waals surface area contributed by atoms with Gasteiger partial charge < -0.3 is 4.79 Å². The summed E-state index contributed by atoms with van der Waals surface area (Å²) in [6, 6.07) is -0.0962. The molecule has 0 spiro atoms. The van der Waals surface area contributed by atoms with Crippen molar-refractivity contribution in [3.63, 3.8) is 0 Å². The second kappa shape index (κ2) is 5.90. The molecule has 2 atom stereocenters. The van der Waals surface area contributed by atoms with Crippen molar-refractivity contribution < 1.29 is 4.79 Å². The van der Waals surface area contributed by atoms with Gasteiger partial charge in [-0.1, -0.05) is 6.92 Å². The van der Waals surface area contributed by atoms with E-state index in [9.17, 15) is 4.79 Å². The zero-order chi connectivity index (χ0) is 9.68. The highest BCUT2D eigenvalue weighted by molar-refractivity contribution is 7.99. The van der Waals surface area contributed by atoms with Gasteiger partial charge in [-0.25, -0.2) is 5.01 Å². The first-order valence-electron chi connectivity index (χ1n) is 4.46. The van der Waals surface area contributed by atoms with Crippen LogP contribution in [0.4, 0.5) is 0 Å². The number of carbonyl (C=O) groups is 1. The normalized spacial score (nSPS) is 28.0. The van der Waals surface area contributed by atoms with Gasteiger partial charge in [0.1, 0.15) is 6.29 Å². The van der Waals surface area contributed by atoms with Crippen LogP contribution in [-0.4, -0.2) is 40.8 Å². The fourth-order valence-corrected chi connectivity index (χ4v) is 2.44. The van der Waals surface area contributed by atoms with Gasteiger partial charge >= 0.3 is 0 Å². The van der Waals surface area contributed by atoms with E-state index in [0.717, 1.165) is 25.1 Å². The molecule has 0 aliphatic carbocycles. The maximum atomic E-state index is 10.7. The number of hydrazine groups is 1. The van der Waals surface area contributed by atoms with Gasteiger partial charge in [-0.05, 0) is 6.42 Å². The molecule has 0 bridgehead atoms. The molecule has 0 saturated carbocycles. The van der Waals surface area contributed by atoms with Crippen LogP contribution in [0.15, 0.2) is 0 Å². The van der Waals surface area contributed by atoms with Crippen LogP contribution in [0.5, 0.6) is 0 Å². The highest BCUT2D eigenvalue weighted by Gasteiger charge is 2.19. The average molecular weight is 220 g/mol. The molecule has 1 unspecified atom stereocenters. The number of hydrogen-bond acceptors (Lipinski definition) is 5. The molecule has 76 valence electrons. The number of rotatable bonds is 3. The maximum Gasteiger partial charge on any atom is 0.139 e.